The number of carbonyl (C=O) groups excluding carboxylic acids is 1. The van der Waals surface area contributed by atoms with Gasteiger partial charge in [-0.1, -0.05) is 12.1 Å². The minimum Gasteiger partial charge on any atom is -0.388 e. The normalized spacial score (nSPS) is 28.5. The van der Waals surface area contributed by atoms with E-state index in [4.69, 9.17) is 0 Å². The minimum absolute atomic E-state index is 0.0743. The maximum atomic E-state index is 12.9. The molecule has 5 heteroatoms. The summed E-state index contributed by atoms with van der Waals surface area (Å²) in [4.78, 5) is 14.0. The lowest BCUT2D eigenvalue weighted by atomic mass is 9.94. The van der Waals surface area contributed by atoms with Gasteiger partial charge in [0.25, 0.3) is 0 Å². The molecule has 0 aromatic heterocycles. The Morgan fingerprint density at radius 1 is 1.16 bits per heavy atom. The quantitative estimate of drug-likeness (QED) is 0.815. The second-order valence-electron chi connectivity index (χ2n) is 5.43. The summed E-state index contributed by atoms with van der Waals surface area (Å²) in [7, 11) is 0. The molecule has 19 heavy (non-hydrogen) atoms. The molecule has 2 atom stereocenters. The highest BCUT2D eigenvalue weighted by molar-refractivity contribution is 5.91. The first-order valence-electron chi connectivity index (χ1n) is 6.44. The molecular formula is C14H16FNO3. The summed E-state index contributed by atoms with van der Waals surface area (Å²) in [6, 6.07) is 6.00. The number of rotatable bonds is 2. The highest BCUT2D eigenvalue weighted by Crippen LogP contribution is 2.50. The Hall–Kier alpha value is -1.46. The van der Waals surface area contributed by atoms with Crippen LogP contribution in [0.5, 0.6) is 0 Å². The number of β-amino-alcohol motifs (C(OH)–C–C–N with tert-alkyl or cyclic N) is 2. The Kier molecular flexibility index (Phi) is 2.83. The summed E-state index contributed by atoms with van der Waals surface area (Å²) >= 11 is 0. The summed E-state index contributed by atoms with van der Waals surface area (Å²) < 4.78 is 12.9. The van der Waals surface area contributed by atoms with Gasteiger partial charge in [-0.2, -0.15) is 0 Å². The average molecular weight is 265 g/mol. The number of hydrogen-bond donors (Lipinski definition) is 2. The monoisotopic (exact) mass is 265 g/mol. The van der Waals surface area contributed by atoms with E-state index in [-0.39, 0.29) is 24.8 Å². The van der Waals surface area contributed by atoms with Gasteiger partial charge in [0.15, 0.2) is 0 Å². The van der Waals surface area contributed by atoms with Crippen LogP contribution in [0.2, 0.25) is 0 Å². The van der Waals surface area contributed by atoms with Crippen LogP contribution in [0, 0.1) is 5.82 Å². The van der Waals surface area contributed by atoms with Gasteiger partial charge in [-0.05, 0) is 30.5 Å². The second-order valence-corrected chi connectivity index (χ2v) is 5.43. The SMILES string of the molecule is O=C(N1CC(O)C(O)C1)C1(c2ccc(F)cc2)CC1. The minimum atomic E-state index is -0.868. The first-order valence-corrected chi connectivity index (χ1v) is 6.44. The van der Waals surface area contributed by atoms with Crippen molar-refractivity contribution in [2.24, 2.45) is 0 Å². The van der Waals surface area contributed by atoms with Gasteiger partial charge in [-0.15, -0.1) is 0 Å². The Bertz CT molecular complexity index is 488. The van der Waals surface area contributed by atoms with E-state index in [2.05, 4.69) is 0 Å². The van der Waals surface area contributed by atoms with E-state index in [1.807, 2.05) is 0 Å². The Morgan fingerprint density at radius 2 is 1.68 bits per heavy atom. The van der Waals surface area contributed by atoms with E-state index in [0.717, 1.165) is 18.4 Å². The summed E-state index contributed by atoms with van der Waals surface area (Å²) in [5.74, 6) is -0.395. The summed E-state index contributed by atoms with van der Waals surface area (Å²) in [6.07, 6.45) is -0.263. The fourth-order valence-electron chi connectivity index (χ4n) is 2.76. The van der Waals surface area contributed by atoms with Gasteiger partial charge in [-0.25, -0.2) is 4.39 Å². The molecular weight excluding hydrogens is 249 g/mol. The Morgan fingerprint density at radius 3 is 2.16 bits per heavy atom. The van der Waals surface area contributed by atoms with Crippen LogP contribution >= 0.6 is 0 Å². The van der Waals surface area contributed by atoms with Crippen molar-refractivity contribution in [3.63, 3.8) is 0 Å². The number of hydrogen-bond acceptors (Lipinski definition) is 3. The lowest BCUT2D eigenvalue weighted by Gasteiger charge is -2.23. The molecule has 1 aliphatic heterocycles. The molecule has 1 aliphatic carbocycles. The average Bonchev–Trinajstić information content (AvgIpc) is 3.13. The van der Waals surface area contributed by atoms with Crippen molar-refractivity contribution in [3.05, 3.63) is 35.6 Å². The van der Waals surface area contributed by atoms with Crippen LogP contribution in [0.15, 0.2) is 24.3 Å². The molecule has 1 heterocycles. The van der Waals surface area contributed by atoms with Gasteiger partial charge < -0.3 is 15.1 Å². The van der Waals surface area contributed by atoms with Gasteiger partial charge in [-0.3, -0.25) is 4.79 Å². The molecule has 1 saturated heterocycles. The van der Waals surface area contributed by atoms with Crippen molar-refractivity contribution in [1.82, 2.24) is 4.90 Å². The number of likely N-dealkylation sites (tertiary alicyclic amines) is 1. The van der Waals surface area contributed by atoms with Crippen LogP contribution < -0.4 is 0 Å². The molecule has 1 aromatic rings. The van der Waals surface area contributed by atoms with Crippen LogP contribution in [-0.4, -0.2) is 46.3 Å². The van der Waals surface area contributed by atoms with E-state index >= 15 is 0 Å². The van der Waals surface area contributed by atoms with Crippen LogP contribution in [-0.2, 0) is 10.2 Å². The van der Waals surface area contributed by atoms with Crippen molar-refractivity contribution in [3.8, 4) is 0 Å². The topological polar surface area (TPSA) is 60.8 Å². The molecule has 2 N–H and O–H groups in total. The number of amides is 1. The van der Waals surface area contributed by atoms with E-state index in [0.29, 0.717) is 0 Å². The molecule has 102 valence electrons. The van der Waals surface area contributed by atoms with Crippen molar-refractivity contribution >= 4 is 5.91 Å². The van der Waals surface area contributed by atoms with Crippen molar-refractivity contribution in [2.75, 3.05) is 13.1 Å². The standard InChI is InChI=1S/C14H16FNO3/c15-10-3-1-9(2-4-10)14(5-6-14)13(19)16-7-11(17)12(18)8-16/h1-4,11-12,17-18H,5-8H2. The smallest absolute Gasteiger partial charge is 0.233 e. The first-order chi connectivity index (χ1) is 9.03. The molecule has 2 fully saturated rings. The molecule has 0 radical (unpaired) electrons. The zero-order chi connectivity index (χ0) is 13.6. The Labute approximate surface area is 110 Å². The molecule has 1 saturated carbocycles. The van der Waals surface area contributed by atoms with Crippen LogP contribution in [0.3, 0.4) is 0 Å². The summed E-state index contributed by atoms with van der Waals surface area (Å²) in [6.45, 7) is 0.339. The predicted octanol–water partition coefficient (Wildman–Crippen LogP) is 0.421. The van der Waals surface area contributed by atoms with Crippen LogP contribution in [0.25, 0.3) is 0 Å². The van der Waals surface area contributed by atoms with E-state index in [9.17, 15) is 19.4 Å². The van der Waals surface area contributed by atoms with Gasteiger partial charge in [0.1, 0.15) is 5.82 Å². The maximum Gasteiger partial charge on any atom is 0.233 e. The summed E-state index contributed by atoms with van der Waals surface area (Å²) in [5.41, 5.74) is 0.243. The first kappa shape index (κ1) is 12.6. The highest BCUT2D eigenvalue weighted by atomic mass is 19.1. The number of benzene rings is 1. The van der Waals surface area contributed by atoms with Crippen molar-refractivity contribution in [1.29, 1.82) is 0 Å². The van der Waals surface area contributed by atoms with E-state index in [1.165, 1.54) is 17.0 Å². The van der Waals surface area contributed by atoms with Crippen molar-refractivity contribution < 1.29 is 19.4 Å². The van der Waals surface area contributed by atoms with Gasteiger partial charge in [0, 0.05) is 13.1 Å². The lowest BCUT2D eigenvalue weighted by Crippen LogP contribution is -2.38. The maximum absolute atomic E-state index is 12.9. The number of aliphatic hydroxyl groups is 2. The van der Waals surface area contributed by atoms with Crippen LogP contribution in [0.4, 0.5) is 4.39 Å². The van der Waals surface area contributed by atoms with E-state index in [1.54, 1.807) is 12.1 Å². The van der Waals surface area contributed by atoms with Gasteiger partial charge >= 0.3 is 0 Å². The largest absolute Gasteiger partial charge is 0.388 e. The zero-order valence-corrected chi connectivity index (χ0v) is 10.4. The number of halogens is 1. The zero-order valence-electron chi connectivity index (χ0n) is 10.4. The van der Waals surface area contributed by atoms with Gasteiger partial charge in [0.05, 0.1) is 17.6 Å². The third-order valence-electron chi connectivity index (χ3n) is 4.10. The molecule has 0 spiro atoms. The third-order valence-corrected chi connectivity index (χ3v) is 4.10. The molecule has 2 aliphatic rings. The molecule has 4 nitrogen and oxygen atoms in total. The number of nitrogens with zero attached hydrogens (tertiary/aromatic N) is 1. The molecule has 1 amide bonds. The third kappa shape index (κ3) is 2.03. The summed E-state index contributed by atoms with van der Waals surface area (Å²) in [5, 5.41) is 19.0. The fraction of sp³-hybridized carbons (Fsp3) is 0.500. The molecule has 3 rings (SSSR count). The predicted molar refractivity (Wildman–Crippen MR) is 65.9 cm³/mol. The Balaban J connectivity index is 1.81. The van der Waals surface area contributed by atoms with Gasteiger partial charge in [0.2, 0.25) is 5.91 Å². The van der Waals surface area contributed by atoms with Crippen molar-refractivity contribution in [2.45, 2.75) is 30.5 Å². The van der Waals surface area contributed by atoms with E-state index < -0.39 is 17.6 Å². The second kappa shape index (κ2) is 4.28. The number of carbonyl (C=O) groups is 1. The fourth-order valence-corrected chi connectivity index (χ4v) is 2.76. The number of aliphatic hydroxyl groups excluding tert-OH is 2. The molecule has 1 aromatic carbocycles. The molecule has 0 bridgehead atoms. The lowest BCUT2D eigenvalue weighted by molar-refractivity contribution is -0.133. The molecule has 2 unspecified atom stereocenters. The van der Waals surface area contributed by atoms with Crippen LogP contribution in [0.1, 0.15) is 18.4 Å². The highest BCUT2D eigenvalue weighted by Gasteiger charge is 2.54.